The number of nitrogens with two attached hydrogens (primary N) is 1. The molecular weight excluding hydrogens is 270 g/mol. The van der Waals surface area contributed by atoms with Crippen molar-refractivity contribution in [1.82, 2.24) is 9.55 Å². The minimum atomic E-state index is 0.430. The van der Waals surface area contributed by atoms with E-state index in [0.29, 0.717) is 12.6 Å². The van der Waals surface area contributed by atoms with Crippen molar-refractivity contribution in [3.8, 4) is 11.8 Å². The lowest BCUT2D eigenvalue weighted by molar-refractivity contribution is 0.420. The van der Waals surface area contributed by atoms with Crippen molar-refractivity contribution in [3.05, 3.63) is 40.6 Å². The smallest absolute Gasteiger partial charge is 0.301 e. The minimum absolute atomic E-state index is 0.430. The highest BCUT2D eigenvalue weighted by Crippen LogP contribution is 2.26. The van der Waals surface area contributed by atoms with Gasteiger partial charge in [-0.3, -0.25) is 0 Å². The molecule has 0 aliphatic heterocycles. The van der Waals surface area contributed by atoms with Gasteiger partial charge < -0.3 is 15.0 Å². The van der Waals surface area contributed by atoms with Crippen molar-refractivity contribution < 1.29 is 4.74 Å². The number of halogens is 1. The van der Waals surface area contributed by atoms with Gasteiger partial charge in [0.15, 0.2) is 0 Å². The van der Waals surface area contributed by atoms with Gasteiger partial charge in [-0.25, -0.2) is 4.98 Å². The SMILES string of the molecule is Cn1ccnc1Oc1ccc(Br)cc1CN. The van der Waals surface area contributed by atoms with E-state index in [1.165, 1.54) is 0 Å². The van der Waals surface area contributed by atoms with Gasteiger partial charge in [-0.05, 0) is 18.2 Å². The molecule has 0 aliphatic rings. The van der Waals surface area contributed by atoms with Crippen molar-refractivity contribution in [2.45, 2.75) is 6.54 Å². The van der Waals surface area contributed by atoms with Crippen LogP contribution in [0.1, 0.15) is 5.56 Å². The summed E-state index contributed by atoms with van der Waals surface area (Å²) in [6.45, 7) is 0.430. The second kappa shape index (κ2) is 4.67. The molecule has 2 rings (SSSR count). The van der Waals surface area contributed by atoms with Gasteiger partial charge in [0.05, 0.1) is 0 Å². The van der Waals surface area contributed by atoms with Crippen molar-refractivity contribution in [3.63, 3.8) is 0 Å². The van der Waals surface area contributed by atoms with Crippen molar-refractivity contribution >= 4 is 15.9 Å². The van der Waals surface area contributed by atoms with Crippen LogP contribution in [0.4, 0.5) is 0 Å². The Morgan fingerprint density at radius 3 is 2.94 bits per heavy atom. The summed E-state index contributed by atoms with van der Waals surface area (Å²) in [5, 5.41) is 0. The number of rotatable bonds is 3. The number of aromatic nitrogens is 2. The van der Waals surface area contributed by atoms with Gasteiger partial charge in [0, 0.05) is 36.0 Å². The molecule has 0 spiro atoms. The Morgan fingerprint density at radius 2 is 2.31 bits per heavy atom. The van der Waals surface area contributed by atoms with E-state index in [9.17, 15) is 0 Å². The number of nitrogens with zero attached hydrogens (tertiary/aromatic N) is 2. The first-order valence-electron chi connectivity index (χ1n) is 4.84. The molecule has 0 amide bonds. The first-order valence-corrected chi connectivity index (χ1v) is 5.63. The Balaban J connectivity index is 2.31. The fourth-order valence-electron chi connectivity index (χ4n) is 1.36. The largest absolute Gasteiger partial charge is 0.425 e. The maximum Gasteiger partial charge on any atom is 0.301 e. The minimum Gasteiger partial charge on any atom is -0.425 e. The van der Waals surface area contributed by atoms with Crippen molar-refractivity contribution in [2.24, 2.45) is 12.8 Å². The third kappa shape index (κ3) is 2.25. The van der Waals surface area contributed by atoms with Crippen LogP contribution >= 0.6 is 15.9 Å². The lowest BCUT2D eigenvalue weighted by atomic mass is 10.2. The van der Waals surface area contributed by atoms with E-state index < -0.39 is 0 Å². The molecule has 2 aromatic rings. The molecule has 0 fully saturated rings. The number of ether oxygens (including phenoxy) is 1. The lowest BCUT2D eigenvalue weighted by Crippen LogP contribution is -2.01. The lowest BCUT2D eigenvalue weighted by Gasteiger charge is -2.09. The molecule has 5 heteroatoms. The number of aryl methyl sites for hydroxylation is 1. The summed E-state index contributed by atoms with van der Waals surface area (Å²) in [6, 6.07) is 6.29. The van der Waals surface area contributed by atoms with E-state index in [0.717, 1.165) is 15.8 Å². The number of hydrogen-bond acceptors (Lipinski definition) is 3. The third-order valence-corrected chi connectivity index (χ3v) is 2.71. The molecular formula is C11H12BrN3O. The van der Waals surface area contributed by atoms with E-state index in [1.54, 1.807) is 6.20 Å². The highest BCUT2D eigenvalue weighted by atomic mass is 79.9. The maximum atomic E-state index is 5.68. The van der Waals surface area contributed by atoms with E-state index in [4.69, 9.17) is 10.5 Å². The summed E-state index contributed by atoms with van der Waals surface area (Å²) in [7, 11) is 1.88. The molecule has 0 saturated carbocycles. The molecule has 0 saturated heterocycles. The summed E-state index contributed by atoms with van der Waals surface area (Å²) in [4.78, 5) is 4.10. The third-order valence-electron chi connectivity index (χ3n) is 2.22. The van der Waals surface area contributed by atoms with Gasteiger partial charge in [0.25, 0.3) is 0 Å². The van der Waals surface area contributed by atoms with Crippen LogP contribution in [0.25, 0.3) is 0 Å². The van der Waals surface area contributed by atoms with Gasteiger partial charge in [-0.2, -0.15) is 0 Å². The van der Waals surface area contributed by atoms with Crippen LogP contribution in [-0.4, -0.2) is 9.55 Å². The van der Waals surface area contributed by atoms with E-state index >= 15 is 0 Å². The van der Waals surface area contributed by atoms with Gasteiger partial charge in [0.1, 0.15) is 5.75 Å². The fourth-order valence-corrected chi connectivity index (χ4v) is 1.76. The van der Waals surface area contributed by atoms with Crippen LogP contribution < -0.4 is 10.5 Å². The second-order valence-electron chi connectivity index (χ2n) is 3.38. The molecule has 0 unspecified atom stereocenters. The Bertz CT molecular complexity index is 496. The molecule has 0 radical (unpaired) electrons. The number of imidazole rings is 1. The van der Waals surface area contributed by atoms with Crippen LogP contribution in [0.3, 0.4) is 0 Å². The van der Waals surface area contributed by atoms with Gasteiger partial charge >= 0.3 is 6.01 Å². The van der Waals surface area contributed by atoms with Gasteiger partial charge in [-0.1, -0.05) is 15.9 Å². The summed E-state index contributed by atoms with van der Waals surface area (Å²) < 4.78 is 8.47. The predicted molar refractivity (Wildman–Crippen MR) is 65.3 cm³/mol. The first kappa shape index (κ1) is 11.2. The zero-order valence-corrected chi connectivity index (χ0v) is 10.4. The highest BCUT2D eigenvalue weighted by Gasteiger charge is 2.07. The molecule has 1 aromatic carbocycles. The quantitative estimate of drug-likeness (QED) is 0.940. The van der Waals surface area contributed by atoms with Crippen molar-refractivity contribution in [1.29, 1.82) is 0 Å². The van der Waals surface area contributed by atoms with E-state index in [-0.39, 0.29) is 0 Å². The first-order chi connectivity index (χ1) is 7.70. The molecule has 1 aromatic heterocycles. The summed E-state index contributed by atoms with van der Waals surface area (Å²) in [5.41, 5.74) is 6.60. The topological polar surface area (TPSA) is 53.1 Å². The molecule has 0 atom stereocenters. The normalized spacial score (nSPS) is 10.4. The molecule has 0 aliphatic carbocycles. The Labute approximate surface area is 102 Å². The van der Waals surface area contributed by atoms with Crippen LogP contribution in [-0.2, 0) is 13.6 Å². The summed E-state index contributed by atoms with van der Waals surface area (Å²) in [5.74, 6) is 0.736. The van der Waals surface area contributed by atoms with Crippen molar-refractivity contribution in [2.75, 3.05) is 0 Å². The van der Waals surface area contributed by atoms with E-state index in [1.807, 2.05) is 36.0 Å². The zero-order chi connectivity index (χ0) is 11.5. The standard InChI is InChI=1S/C11H12BrN3O/c1-15-5-4-14-11(15)16-10-3-2-9(12)6-8(10)7-13/h2-6H,7,13H2,1H3. The monoisotopic (exact) mass is 281 g/mol. The van der Waals surface area contributed by atoms with Crippen LogP contribution in [0.5, 0.6) is 11.8 Å². The Hall–Kier alpha value is -1.33. The molecule has 4 nitrogen and oxygen atoms in total. The van der Waals surface area contributed by atoms with Crippen LogP contribution in [0, 0.1) is 0 Å². The molecule has 16 heavy (non-hydrogen) atoms. The average Bonchev–Trinajstić information content (AvgIpc) is 2.67. The fraction of sp³-hybridized carbons (Fsp3) is 0.182. The molecule has 84 valence electrons. The predicted octanol–water partition coefficient (Wildman–Crippen LogP) is 2.43. The van der Waals surface area contributed by atoms with Gasteiger partial charge in [0.2, 0.25) is 0 Å². The van der Waals surface area contributed by atoms with Gasteiger partial charge in [-0.15, -0.1) is 0 Å². The van der Waals surface area contributed by atoms with Crippen LogP contribution in [0.2, 0.25) is 0 Å². The average molecular weight is 282 g/mol. The Kier molecular flexibility index (Phi) is 3.26. The number of benzene rings is 1. The zero-order valence-electron chi connectivity index (χ0n) is 8.85. The summed E-state index contributed by atoms with van der Waals surface area (Å²) >= 11 is 3.40. The highest BCUT2D eigenvalue weighted by molar-refractivity contribution is 9.10. The van der Waals surface area contributed by atoms with E-state index in [2.05, 4.69) is 20.9 Å². The Morgan fingerprint density at radius 1 is 1.50 bits per heavy atom. The second-order valence-corrected chi connectivity index (χ2v) is 4.29. The molecule has 0 bridgehead atoms. The van der Waals surface area contributed by atoms with Crippen LogP contribution in [0.15, 0.2) is 35.1 Å². The molecule has 2 N–H and O–H groups in total. The maximum absolute atomic E-state index is 5.68. The molecule has 1 heterocycles. The number of hydrogen-bond donors (Lipinski definition) is 1. The summed E-state index contributed by atoms with van der Waals surface area (Å²) in [6.07, 6.45) is 3.52.